The predicted molar refractivity (Wildman–Crippen MR) is 186 cm³/mol. The summed E-state index contributed by atoms with van der Waals surface area (Å²) < 4.78 is 11.6. The molecule has 1 atom stereocenters. The molecule has 9 nitrogen and oxygen atoms in total. The molecule has 1 spiro atoms. The van der Waals surface area contributed by atoms with Crippen LogP contribution in [0.4, 0.5) is 0 Å². The van der Waals surface area contributed by atoms with Crippen LogP contribution in [0.1, 0.15) is 49.0 Å². The molecule has 1 amide bonds. The van der Waals surface area contributed by atoms with Crippen molar-refractivity contribution in [1.82, 2.24) is 30.1 Å². The minimum atomic E-state index is -0.0945. The van der Waals surface area contributed by atoms with Gasteiger partial charge in [0.25, 0.3) is 0 Å². The van der Waals surface area contributed by atoms with Crippen molar-refractivity contribution in [2.75, 3.05) is 40.4 Å². The molecule has 3 fully saturated rings. The average Bonchev–Trinajstić information content (AvgIpc) is 3.67. The summed E-state index contributed by atoms with van der Waals surface area (Å²) in [7, 11) is 3.30. The summed E-state index contributed by atoms with van der Waals surface area (Å²) in [5.41, 5.74) is 7.68. The highest BCUT2D eigenvalue weighted by Gasteiger charge is 2.47. The number of aromatic nitrogens is 3. The maximum atomic E-state index is 11.7. The van der Waals surface area contributed by atoms with Crippen LogP contribution in [0, 0.1) is 5.92 Å². The second kappa shape index (κ2) is 12.3. The highest BCUT2D eigenvalue weighted by atomic mass is 35.5. The van der Waals surface area contributed by atoms with E-state index in [1.54, 1.807) is 20.4 Å². The number of likely N-dealkylation sites (tertiary alicyclic amines) is 2. The van der Waals surface area contributed by atoms with Crippen molar-refractivity contribution in [1.29, 1.82) is 0 Å². The van der Waals surface area contributed by atoms with Gasteiger partial charge in [0.15, 0.2) is 0 Å². The normalized spacial score (nSPS) is 20.4. The number of carbonyl (C=O) groups is 1. The van der Waals surface area contributed by atoms with Crippen LogP contribution in [-0.4, -0.2) is 76.6 Å². The third kappa shape index (κ3) is 5.41. The summed E-state index contributed by atoms with van der Waals surface area (Å²) >= 11 is 14.3. The third-order valence-corrected chi connectivity index (χ3v) is 11.2. The van der Waals surface area contributed by atoms with E-state index in [0.29, 0.717) is 46.5 Å². The van der Waals surface area contributed by atoms with Gasteiger partial charge in [0.2, 0.25) is 17.7 Å². The first-order valence-electron chi connectivity index (χ1n) is 16.6. The van der Waals surface area contributed by atoms with Crippen LogP contribution in [-0.2, 0) is 17.8 Å². The Bertz CT molecular complexity index is 1920. The van der Waals surface area contributed by atoms with Crippen molar-refractivity contribution in [3.63, 3.8) is 0 Å². The number of nitrogens with zero attached hydrogens (tertiary/aromatic N) is 5. The summed E-state index contributed by atoms with van der Waals surface area (Å²) in [6.45, 7) is 6.71. The zero-order valence-corrected chi connectivity index (χ0v) is 28.9. The Labute approximate surface area is 290 Å². The second-order valence-electron chi connectivity index (χ2n) is 13.7. The second-order valence-corrected chi connectivity index (χ2v) is 14.5. The number of methoxy groups -OCH3 is 2. The van der Waals surface area contributed by atoms with Crippen molar-refractivity contribution in [2.45, 2.75) is 50.7 Å². The van der Waals surface area contributed by atoms with Crippen molar-refractivity contribution in [3.05, 3.63) is 75.5 Å². The fraction of sp³-hybridized carbons (Fsp3) is 0.405. The molecule has 3 aliphatic heterocycles. The number of hydrogen-bond donors (Lipinski definition) is 1. The molecule has 4 aromatic rings. The van der Waals surface area contributed by atoms with E-state index in [2.05, 4.69) is 28.1 Å². The van der Waals surface area contributed by atoms with Crippen LogP contribution in [0.25, 0.3) is 33.6 Å². The summed E-state index contributed by atoms with van der Waals surface area (Å²) in [5, 5.41) is 4.22. The molecular weight excluding hydrogens is 647 g/mol. The topological polar surface area (TPSA) is 92.7 Å². The number of rotatable bonds is 8. The Morgan fingerprint density at radius 3 is 2.19 bits per heavy atom. The molecule has 5 heterocycles. The van der Waals surface area contributed by atoms with Gasteiger partial charge in [-0.25, -0.2) is 9.97 Å². The van der Waals surface area contributed by atoms with Crippen LogP contribution in [0.2, 0.25) is 10.0 Å². The maximum Gasteiger partial charge on any atom is 0.237 e. The number of amides is 1. The Kier molecular flexibility index (Phi) is 8.06. The molecule has 3 saturated heterocycles. The summed E-state index contributed by atoms with van der Waals surface area (Å²) in [6, 6.07) is 14.3. The van der Waals surface area contributed by atoms with Gasteiger partial charge >= 0.3 is 0 Å². The van der Waals surface area contributed by atoms with Crippen LogP contribution in [0.15, 0.2) is 48.7 Å². The van der Waals surface area contributed by atoms with E-state index in [9.17, 15) is 4.79 Å². The first kappa shape index (κ1) is 31.5. The van der Waals surface area contributed by atoms with E-state index < -0.39 is 0 Å². The number of carbonyl (C=O) groups excluding carboxylic acids is 1. The number of fused-ring (bicyclic) bond motifs is 1. The molecule has 0 bridgehead atoms. The first-order valence-corrected chi connectivity index (χ1v) is 17.3. The lowest BCUT2D eigenvalue weighted by atomic mass is 9.88. The average molecular weight is 686 g/mol. The van der Waals surface area contributed by atoms with Gasteiger partial charge in [-0.3, -0.25) is 19.6 Å². The van der Waals surface area contributed by atoms with E-state index in [1.807, 2.05) is 36.4 Å². The number of halogens is 2. The summed E-state index contributed by atoms with van der Waals surface area (Å²) in [5.74, 6) is 2.00. The molecule has 11 heteroatoms. The van der Waals surface area contributed by atoms with Crippen LogP contribution < -0.4 is 14.8 Å². The number of benzene rings is 2. The Morgan fingerprint density at radius 1 is 0.917 bits per heavy atom. The maximum absolute atomic E-state index is 11.7. The molecule has 1 unspecified atom stereocenters. The van der Waals surface area contributed by atoms with Gasteiger partial charge in [0, 0.05) is 73.0 Å². The molecule has 0 saturated carbocycles. The molecular formula is C37H38Cl2N6O3. The number of aryl methyl sites for hydroxylation is 1. The predicted octanol–water partition coefficient (Wildman–Crippen LogP) is 6.60. The lowest BCUT2D eigenvalue weighted by Gasteiger charge is -2.47. The highest BCUT2D eigenvalue weighted by molar-refractivity contribution is 6.39. The van der Waals surface area contributed by atoms with E-state index in [-0.39, 0.29) is 11.4 Å². The fourth-order valence-corrected chi connectivity index (χ4v) is 8.71. The van der Waals surface area contributed by atoms with Gasteiger partial charge in [-0.15, -0.1) is 0 Å². The largest absolute Gasteiger partial charge is 0.481 e. The van der Waals surface area contributed by atoms with Crippen molar-refractivity contribution in [3.8, 4) is 45.4 Å². The molecule has 1 aliphatic carbocycles. The standard InChI is InChI=1S/C37H38Cl2N6O3/c1-21-16-45(17-21)30-11-10-22-14-27(41-36(48-3)32(22)30)25-8-4-6-23(33(25)38)24-7-5-9-26(34(24)39)28-15-40-29(35(42-28)47-2)18-44-19-37(20-44)13-12-31(46)43-37/h4-9,14-15,21,30H,10-13,16-20H2,1-3H3,(H,43,46). The van der Waals surface area contributed by atoms with Crippen molar-refractivity contribution >= 4 is 29.1 Å². The molecule has 0 radical (unpaired) electrons. The summed E-state index contributed by atoms with van der Waals surface area (Å²) in [6.07, 6.45) is 5.28. The van der Waals surface area contributed by atoms with Gasteiger partial charge in [0.05, 0.1) is 47.4 Å². The van der Waals surface area contributed by atoms with Crippen LogP contribution in [0.5, 0.6) is 11.8 Å². The molecule has 8 rings (SSSR count). The Hall–Kier alpha value is -3.76. The number of nitrogens with one attached hydrogen (secondary N) is 1. The van der Waals surface area contributed by atoms with Gasteiger partial charge in [0.1, 0.15) is 5.69 Å². The molecule has 1 N–H and O–H groups in total. The van der Waals surface area contributed by atoms with Crippen molar-refractivity contribution < 1.29 is 14.3 Å². The van der Waals surface area contributed by atoms with Gasteiger partial charge in [-0.2, -0.15) is 0 Å². The number of pyridine rings is 1. The Balaban J connectivity index is 1.07. The van der Waals surface area contributed by atoms with Gasteiger partial charge in [-0.05, 0) is 36.8 Å². The zero-order chi connectivity index (χ0) is 33.2. The van der Waals surface area contributed by atoms with Crippen LogP contribution in [0.3, 0.4) is 0 Å². The molecule has 2 aromatic carbocycles. The Morgan fingerprint density at radius 2 is 1.56 bits per heavy atom. The highest BCUT2D eigenvalue weighted by Crippen LogP contribution is 2.47. The minimum absolute atomic E-state index is 0.0945. The lowest BCUT2D eigenvalue weighted by Crippen LogP contribution is -2.66. The lowest BCUT2D eigenvalue weighted by molar-refractivity contribution is -0.120. The van der Waals surface area contributed by atoms with E-state index in [1.165, 1.54) is 11.1 Å². The molecule has 48 heavy (non-hydrogen) atoms. The molecule has 4 aliphatic rings. The number of hydrogen-bond acceptors (Lipinski definition) is 8. The quantitative estimate of drug-likeness (QED) is 0.222. The first-order chi connectivity index (χ1) is 23.3. The fourth-order valence-electron chi connectivity index (χ4n) is 8.06. The zero-order valence-electron chi connectivity index (χ0n) is 27.4. The molecule has 248 valence electrons. The van der Waals surface area contributed by atoms with E-state index in [0.717, 1.165) is 85.0 Å². The monoisotopic (exact) mass is 684 g/mol. The van der Waals surface area contributed by atoms with E-state index >= 15 is 0 Å². The number of ether oxygens (including phenoxy) is 2. The van der Waals surface area contributed by atoms with Gasteiger partial charge < -0.3 is 14.8 Å². The van der Waals surface area contributed by atoms with E-state index in [4.69, 9.17) is 47.6 Å². The molecule has 2 aromatic heterocycles. The van der Waals surface area contributed by atoms with Crippen molar-refractivity contribution in [2.24, 2.45) is 5.92 Å². The van der Waals surface area contributed by atoms with Gasteiger partial charge in [-0.1, -0.05) is 66.5 Å². The minimum Gasteiger partial charge on any atom is -0.481 e. The third-order valence-electron chi connectivity index (χ3n) is 10.4. The SMILES string of the molecule is COc1nc(-c2cccc(-c3cccc(-c4cc5c(c(OC)n4)C(N4CC(C)C4)CC5)c3Cl)c2Cl)cnc1CN1CC2(CCC(=O)N2)C1. The summed E-state index contributed by atoms with van der Waals surface area (Å²) in [4.78, 5) is 31.1. The smallest absolute Gasteiger partial charge is 0.237 e. The van der Waals surface area contributed by atoms with Crippen LogP contribution >= 0.6 is 23.2 Å².